The van der Waals surface area contributed by atoms with E-state index >= 15 is 0 Å². The van der Waals surface area contributed by atoms with Gasteiger partial charge in [0.25, 0.3) is 5.91 Å². The van der Waals surface area contributed by atoms with Crippen molar-refractivity contribution >= 4 is 46.9 Å². The molecule has 0 aromatic heterocycles. The highest BCUT2D eigenvalue weighted by Gasteiger charge is 2.13. The predicted octanol–water partition coefficient (Wildman–Crippen LogP) is 4.06. The van der Waals surface area contributed by atoms with Crippen LogP contribution in [0.25, 0.3) is 0 Å². The van der Waals surface area contributed by atoms with Crippen molar-refractivity contribution in [2.45, 2.75) is 13.8 Å². The standard InChI is InChI=1S/C25H23ClN4O4/c1-16-3-8-21(13-17(16)2)29-24(32)25(33)30-27-14-18-4-11-22(12-5-18)34-15-23(31)28-20-9-6-19(26)7-10-20/h3-14H,15H2,1-2H3,(H,28,31)(H,29,32)(H,30,33)/b27-14-. The molecule has 9 heteroatoms. The molecule has 3 N–H and O–H groups in total. The van der Waals surface area contributed by atoms with Crippen LogP contribution in [0.4, 0.5) is 11.4 Å². The normalized spacial score (nSPS) is 10.6. The van der Waals surface area contributed by atoms with Gasteiger partial charge in [0, 0.05) is 16.4 Å². The molecule has 8 nitrogen and oxygen atoms in total. The number of carbonyl (C=O) groups is 3. The van der Waals surface area contributed by atoms with Crippen molar-refractivity contribution in [2.75, 3.05) is 17.2 Å². The van der Waals surface area contributed by atoms with Crippen LogP contribution in [0.1, 0.15) is 16.7 Å². The number of hydrogen-bond donors (Lipinski definition) is 3. The van der Waals surface area contributed by atoms with Gasteiger partial charge in [0.05, 0.1) is 6.21 Å². The second-order valence-corrected chi connectivity index (χ2v) is 7.80. The summed E-state index contributed by atoms with van der Waals surface area (Å²) in [6.07, 6.45) is 1.39. The molecule has 0 saturated carbocycles. The van der Waals surface area contributed by atoms with Crippen LogP contribution in [-0.2, 0) is 14.4 Å². The van der Waals surface area contributed by atoms with Gasteiger partial charge in [0.15, 0.2) is 6.61 Å². The second-order valence-electron chi connectivity index (χ2n) is 7.37. The number of hydrazone groups is 1. The quantitative estimate of drug-likeness (QED) is 0.270. The number of amides is 3. The number of rotatable bonds is 7. The highest BCUT2D eigenvalue weighted by Crippen LogP contribution is 2.15. The van der Waals surface area contributed by atoms with E-state index in [2.05, 4.69) is 21.2 Å². The zero-order valence-corrected chi connectivity index (χ0v) is 19.3. The van der Waals surface area contributed by atoms with E-state index in [0.717, 1.165) is 11.1 Å². The number of aryl methyl sites for hydroxylation is 2. The van der Waals surface area contributed by atoms with Crippen molar-refractivity contribution in [1.29, 1.82) is 0 Å². The zero-order chi connectivity index (χ0) is 24.5. The number of hydrogen-bond acceptors (Lipinski definition) is 5. The van der Waals surface area contributed by atoms with Gasteiger partial charge in [-0.25, -0.2) is 5.43 Å². The summed E-state index contributed by atoms with van der Waals surface area (Å²) in [5, 5.41) is 9.60. The van der Waals surface area contributed by atoms with Crippen molar-refractivity contribution in [3.63, 3.8) is 0 Å². The molecule has 3 aromatic rings. The molecule has 0 spiro atoms. The molecule has 0 fully saturated rings. The Balaban J connectivity index is 1.43. The molecule has 3 aromatic carbocycles. The molecule has 0 unspecified atom stereocenters. The molecule has 34 heavy (non-hydrogen) atoms. The largest absolute Gasteiger partial charge is 0.484 e. The Labute approximate surface area is 202 Å². The van der Waals surface area contributed by atoms with Crippen molar-refractivity contribution in [1.82, 2.24) is 5.43 Å². The highest BCUT2D eigenvalue weighted by atomic mass is 35.5. The van der Waals surface area contributed by atoms with Crippen LogP contribution in [0.3, 0.4) is 0 Å². The fourth-order valence-electron chi connectivity index (χ4n) is 2.75. The minimum absolute atomic E-state index is 0.165. The Morgan fingerprint density at radius 1 is 0.853 bits per heavy atom. The summed E-state index contributed by atoms with van der Waals surface area (Å²) in [7, 11) is 0. The van der Waals surface area contributed by atoms with E-state index in [9.17, 15) is 14.4 Å². The molecule has 0 saturated heterocycles. The molecule has 0 heterocycles. The van der Waals surface area contributed by atoms with Gasteiger partial charge in [-0.3, -0.25) is 14.4 Å². The average molecular weight is 479 g/mol. The van der Waals surface area contributed by atoms with Gasteiger partial charge in [-0.2, -0.15) is 5.10 Å². The third-order valence-corrected chi connectivity index (χ3v) is 4.98. The van der Waals surface area contributed by atoms with E-state index in [1.165, 1.54) is 6.21 Å². The third kappa shape index (κ3) is 7.46. The van der Waals surface area contributed by atoms with Crippen LogP contribution in [0.5, 0.6) is 5.75 Å². The molecule has 0 atom stereocenters. The molecule has 3 rings (SSSR count). The van der Waals surface area contributed by atoms with E-state index < -0.39 is 11.8 Å². The Morgan fingerprint density at radius 2 is 1.53 bits per heavy atom. The third-order valence-electron chi connectivity index (χ3n) is 4.73. The maximum Gasteiger partial charge on any atom is 0.329 e. The summed E-state index contributed by atoms with van der Waals surface area (Å²) in [6.45, 7) is 3.71. The summed E-state index contributed by atoms with van der Waals surface area (Å²) in [4.78, 5) is 35.9. The van der Waals surface area contributed by atoms with Gasteiger partial charge < -0.3 is 15.4 Å². The predicted molar refractivity (Wildman–Crippen MR) is 132 cm³/mol. The topological polar surface area (TPSA) is 109 Å². The molecule has 174 valence electrons. The fraction of sp³-hybridized carbons (Fsp3) is 0.120. The van der Waals surface area contributed by atoms with Crippen LogP contribution in [0, 0.1) is 13.8 Å². The Kier molecular flexibility index (Phi) is 8.37. The lowest BCUT2D eigenvalue weighted by atomic mass is 10.1. The Morgan fingerprint density at radius 3 is 2.21 bits per heavy atom. The van der Waals surface area contributed by atoms with Gasteiger partial charge in [-0.05, 0) is 91.2 Å². The minimum atomic E-state index is -0.888. The van der Waals surface area contributed by atoms with Crippen LogP contribution < -0.4 is 20.8 Å². The van der Waals surface area contributed by atoms with E-state index in [1.54, 1.807) is 60.7 Å². The maximum absolute atomic E-state index is 12.0. The lowest BCUT2D eigenvalue weighted by molar-refractivity contribution is -0.136. The highest BCUT2D eigenvalue weighted by molar-refractivity contribution is 6.39. The first kappa shape index (κ1) is 24.5. The van der Waals surface area contributed by atoms with Crippen LogP contribution in [0.2, 0.25) is 5.02 Å². The van der Waals surface area contributed by atoms with Gasteiger partial charge in [0.1, 0.15) is 5.75 Å². The molecule has 3 amide bonds. The summed E-state index contributed by atoms with van der Waals surface area (Å²) in [5.41, 5.74) is 6.09. The number of carbonyl (C=O) groups excluding carboxylic acids is 3. The number of nitrogens with zero attached hydrogens (tertiary/aromatic N) is 1. The molecule has 0 aliphatic rings. The van der Waals surface area contributed by atoms with Gasteiger partial charge in [-0.1, -0.05) is 17.7 Å². The number of halogens is 1. The summed E-state index contributed by atoms with van der Waals surface area (Å²) in [5.74, 6) is -1.53. The van der Waals surface area contributed by atoms with Crippen molar-refractivity contribution in [2.24, 2.45) is 5.10 Å². The Hall–Kier alpha value is -4.17. The first-order valence-electron chi connectivity index (χ1n) is 10.3. The molecular formula is C25H23ClN4O4. The van der Waals surface area contributed by atoms with Crippen molar-refractivity contribution < 1.29 is 19.1 Å². The van der Waals surface area contributed by atoms with Crippen molar-refractivity contribution in [3.05, 3.63) is 88.4 Å². The molecule has 0 aliphatic carbocycles. The van der Waals surface area contributed by atoms with Crippen molar-refractivity contribution in [3.8, 4) is 5.75 Å². The second kappa shape index (κ2) is 11.6. The van der Waals surface area contributed by atoms with E-state index in [4.69, 9.17) is 16.3 Å². The lowest BCUT2D eigenvalue weighted by Gasteiger charge is -2.08. The summed E-state index contributed by atoms with van der Waals surface area (Å²) in [6, 6.07) is 18.8. The molecule has 0 aliphatic heterocycles. The molecule has 0 radical (unpaired) electrons. The van der Waals surface area contributed by atoms with Gasteiger partial charge in [0.2, 0.25) is 0 Å². The maximum atomic E-state index is 12.0. The first-order valence-corrected chi connectivity index (χ1v) is 10.7. The molecule has 0 bridgehead atoms. The summed E-state index contributed by atoms with van der Waals surface area (Å²) >= 11 is 5.82. The van der Waals surface area contributed by atoms with Crippen LogP contribution in [0.15, 0.2) is 71.8 Å². The van der Waals surface area contributed by atoms with Gasteiger partial charge >= 0.3 is 11.8 Å². The number of nitrogens with one attached hydrogen (secondary N) is 3. The van der Waals surface area contributed by atoms with E-state index in [0.29, 0.717) is 27.7 Å². The van der Waals surface area contributed by atoms with E-state index in [-0.39, 0.29) is 12.5 Å². The first-order chi connectivity index (χ1) is 16.3. The molecular weight excluding hydrogens is 456 g/mol. The SMILES string of the molecule is Cc1ccc(NC(=O)C(=O)N/N=C\c2ccc(OCC(=O)Nc3ccc(Cl)cc3)cc2)cc1C. The zero-order valence-electron chi connectivity index (χ0n) is 18.6. The van der Waals surface area contributed by atoms with E-state index in [1.807, 2.05) is 19.9 Å². The smallest absolute Gasteiger partial charge is 0.329 e. The summed E-state index contributed by atoms with van der Waals surface area (Å²) < 4.78 is 5.46. The minimum Gasteiger partial charge on any atom is -0.484 e. The average Bonchev–Trinajstić information content (AvgIpc) is 2.82. The van der Waals surface area contributed by atoms with Crippen LogP contribution >= 0.6 is 11.6 Å². The van der Waals surface area contributed by atoms with Crippen LogP contribution in [-0.4, -0.2) is 30.5 Å². The number of anilines is 2. The number of ether oxygens (including phenoxy) is 1. The van der Waals surface area contributed by atoms with Gasteiger partial charge in [-0.15, -0.1) is 0 Å². The number of benzene rings is 3. The fourth-order valence-corrected chi connectivity index (χ4v) is 2.88. The Bertz CT molecular complexity index is 1210. The lowest BCUT2D eigenvalue weighted by Crippen LogP contribution is -2.32. The monoisotopic (exact) mass is 478 g/mol.